The van der Waals surface area contributed by atoms with Gasteiger partial charge in [0.1, 0.15) is 12.4 Å². The second kappa shape index (κ2) is 8.56. The van der Waals surface area contributed by atoms with Gasteiger partial charge in [0.25, 0.3) is 0 Å². The van der Waals surface area contributed by atoms with E-state index in [0.717, 1.165) is 43.2 Å². The number of aryl methyl sites for hydroxylation is 2. The molecule has 2 aromatic carbocycles. The van der Waals surface area contributed by atoms with Crippen LogP contribution in [0.15, 0.2) is 66.9 Å². The van der Waals surface area contributed by atoms with Crippen LogP contribution in [-0.4, -0.2) is 22.8 Å². The third-order valence-corrected chi connectivity index (χ3v) is 6.23. The Morgan fingerprint density at radius 3 is 2.58 bits per heavy atom. The van der Waals surface area contributed by atoms with Crippen molar-refractivity contribution in [1.82, 2.24) is 9.55 Å². The van der Waals surface area contributed by atoms with Crippen molar-refractivity contribution in [3.8, 4) is 11.4 Å². The van der Waals surface area contributed by atoms with Gasteiger partial charge >= 0.3 is 0 Å². The van der Waals surface area contributed by atoms with Gasteiger partial charge in [0.2, 0.25) is 0 Å². The van der Waals surface area contributed by atoms with Crippen molar-refractivity contribution >= 4 is 10.9 Å². The fraction of sp³-hybridized carbons (Fsp3) is 0.296. The normalized spacial score (nSPS) is 14.8. The molecule has 0 bridgehead atoms. The van der Waals surface area contributed by atoms with E-state index in [9.17, 15) is 0 Å². The maximum Gasteiger partial charge on any atom is 0.129 e. The minimum Gasteiger partial charge on any atom is -0.488 e. The Balaban J connectivity index is 1.66. The van der Waals surface area contributed by atoms with Crippen molar-refractivity contribution in [2.24, 2.45) is 0 Å². The summed E-state index contributed by atoms with van der Waals surface area (Å²) in [6.07, 6.45) is 3.98. The highest BCUT2D eigenvalue weighted by atomic mass is 16.5. The summed E-state index contributed by atoms with van der Waals surface area (Å²) in [5.74, 6) is 1.41. The predicted octanol–water partition coefficient (Wildman–Crippen LogP) is 6.12. The van der Waals surface area contributed by atoms with Crippen LogP contribution >= 0.6 is 0 Å². The van der Waals surface area contributed by atoms with Gasteiger partial charge in [0, 0.05) is 47.8 Å². The first kappa shape index (κ1) is 19.8. The van der Waals surface area contributed by atoms with Crippen LogP contribution in [0.4, 0.5) is 0 Å². The Kier molecular flexibility index (Phi) is 5.47. The van der Waals surface area contributed by atoms with E-state index in [0.29, 0.717) is 12.5 Å². The van der Waals surface area contributed by atoms with Crippen molar-refractivity contribution < 1.29 is 9.47 Å². The van der Waals surface area contributed by atoms with Crippen LogP contribution in [0.25, 0.3) is 16.6 Å². The Labute approximate surface area is 183 Å². The van der Waals surface area contributed by atoms with Gasteiger partial charge in [-0.2, -0.15) is 0 Å². The molecule has 31 heavy (non-hydrogen) atoms. The molecule has 4 nitrogen and oxygen atoms in total. The van der Waals surface area contributed by atoms with Crippen LogP contribution in [0.3, 0.4) is 0 Å². The number of fused-ring (bicyclic) bond motifs is 1. The molecule has 0 unspecified atom stereocenters. The number of hydrogen-bond donors (Lipinski definition) is 0. The third-order valence-electron chi connectivity index (χ3n) is 6.23. The van der Waals surface area contributed by atoms with Crippen molar-refractivity contribution in [2.45, 2.75) is 39.2 Å². The maximum absolute atomic E-state index is 6.35. The number of benzene rings is 2. The van der Waals surface area contributed by atoms with E-state index in [4.69, 9.17) is 9.47 Å². The SMILES string of the molecule is Cc1cc(-n2c(C3CCOCC3)c(C)c3c(OCc4ccccc4)cccc32)ccn1. The average Bonchev–Trinajstić information content (AvgIpc) is 3.12. The number of aromatic nitrogens is 2. The van der Waals surface area contributed by atoms with Crippen LogP contribution in [-0.2, 0) is 11.3 Å². The molecule has 1 fully saturated rings. The van der Waals surface area contributed by atoms with Gasteiger partial charge in [-0.25, -0.2) is 0 Å². The molecule has 0 aliphatic carbocycles. The molecule has 4 heteroatoms. The summed E-state index contributed by atoms with van der Waals surface area (Å²) in [7, 11) is 0. The van der Waals surface area contributed by atoms with E-state index < -0.39 is 0 Å². The molecule has 0 N–H and O–H groups in total. The lowest BCUT2D eigenvalue weighted by molar-refractivity contribution is 0.0841. The molecule has 0 amide bonds. The highest BCUT2D eigenvalue weighted by Crippen LogP contribution is 2.41. The molecule has 1 aliphatic heterocycles. The molecule has 0 radical (unpaired) electrons. The smallest absolute Gasteiger partial charge is 0.129 e. The number of hydrogen-bond acceptors (Lipinski definition) is 3. The monoisotopic (exact) mass is 412 g/mol. The summed E-state index contributed by atoms with van der Waals surface area (Å²) in [6.45, 7) is 6.49. The summed E-state index contributed by atoms with van der Waals surface area (Å²) in [4.78, 5) is 4.42. The third kappa shape index (κ3) is 3.84. The van der Waals surface area contributed by atoms with E-state index in [1.165, 1.54) is 27.7 Å². The molecule has 158 valence electrons. The lowest BCUT2D eigenvalue weighted by Gasteiger charge is -2.25. The highest BCUT2D eigenvalue weighted by molar-refractivity contribution is 5.92. The van der Waals surface area contributed by atoms with E-state index in [1.54, 1.807) is 0 Å². The zero-order valence-corrected chi connectivity index (χ0v) is 18.2. The summed E-state index contributed by atoms with van der Waals surface area (Å²) in [5.41, 5.74) is 7.22. The van der Waals surface area contributed by atoms with Gasteiger partial charge in [-0.3, -0.25) is 4.98 Å². The lowest BCUT2D eigenvalue weighted by Crippen LogP contribution is -2.17. The number of nitrogens with zero attached hydrogens (tertiary/aromatic N) is 2. The quantitative estimate of drug-likeness (QED) is 0.396. The molecule has 0 saturated carbocycles. The first-order chi connectivity index (χ1) is 15.2. The van der Waals surface area contributed by atoms with Gasteiger partial charge in [-0.15, -0.1) is 0 Å². The van der Waals surface area contributed by atoms with Gasteiger partial charge in [0.05, 0.1) is 5.52 Å². The van der Waals surface area contributed by atoms with E-state index in [-0.39, 0.29) is 0 Å². The number of rotatable bonds is 5. The molecule has 0 spiro atoms. The Morgan fingerprint density at radius 2 is 1.81 bits per heavy atom. The second-order valence-corrected chi connectivity index (χ2v) is 8.31. The van der Waals surface area contributed by atoms with E-state index >= 15 is 0 Å². The number of pyridine rings is 1. The second-order valence-electron chi connectivity index (χ2n) is 8.31. The lowest BCUT2D eigenvalue weighted by atomic mass is 9.93. The van der Waals surface area contributed by atoms with Crippen molar-refractivity contribution in [2.75, 3.05) is 13.2 Å². The van der Waals surface area contributed by atoms with Crippen molar-refractivity contribution in [3.05, 3.63) is 89.4 Å². The predicted molar refractivity (Wildman–Crippen MR) is 124 cm³/mol. The van der Waals surface area contributed by atoms with Crippen LogP contribution < -0.4 is 4.74 Å². The fourth-order valence-electron chi connectivity index (χ4n) is 4.77. The molecule has 2 aromatic heterocycles. The van der Waals surface area contributed by atoms with Gasteiger partial charge in [-0.1, -0.05) is 36.4 Å². The molecule has 5 rings (SSSR count). The molecule has 3 heterocycles. The van der Waals surface area contributed by atoms with E-state index in [2.05, 4.69) is 71.1 Å². The largest absolute Gasteiger partial charge is 0.488 e. The molecule has 0 atom stereocenters. The average molecular weight is 413 g/mol. The van der Waals surface area contributed by atoms with Crippen LogP contribution in [0.2, 0.25) is 0 Å². The molecule has 1 saturated heterocycles. The van der Waals surface area contributed by atoms with Crippen molar-refractivity contribution in [1.29, 1.82) is 0 Å². The molecular formula is C27H28N2O2. The van der Waals surface area contributed by atoms with Crippen molar-refractivity contribution in [3.63, 3.8) is 0 Å². The summed E-state index contributed by atoms with van der Waals surface area (Å²) < 4.78 is 14.4. The van der Waals surface area contributed by atoms with Gasteiger partial charge in [-0.05, 0) is 62.1 Å². The Hall–Kier alpha value is -3.11. The molecule has 4 aromatic rings. The fourth-order valence-corrected chi connectivity index (χ4v) is 4.77. The highest BCUT2D eigenvalue weighted by Gasteiger charge is 2.26. The minimum atomic E-state index is 0.469. The molecule has 1 aliphatic rings. The van der Waals surface area contributed by atoms with Crippen LogP contribution in [0.1, 0.15) is 41.3 Å². The summed E-state index contributed by atoms with van der Waals surface area (Å²) in [5, 5.41) is 1.20. The zero-order chi connectivity index (χ0) is 21.2. The maximum atomic E-state index is 6.35. The number of ether oxygens (including phenoxy) is 2. The standard InChI is InChI=1S/C27H28N2O2/c1-19-17-23(11-14-28-19)29-24-9-6-10-25(31-18-21-7-4-3-5-8-21)26(24)20(2)27(29)22-12-15-30-16-13-22/h3-11,14,17,22H,12-13,15-16,18H2,1-2H3. The van der Waals surface area contributed by atoms with E-state index in [1.807, 2.05) is 19.2 Å². The minimum absolute atomic E-state index is 0.469. The summed E-state index contributed by atoms with van der Waals surface area (Å²) in [6, 6.07) is 21.0. The van der Waals surface area contributed by atoms with Crippen LogP contribution in [0.5, 0.6) is 5.75 Å². The van der Waals surface area contributed by atoms with Crippen LogP contribution in [0, 0.1) is 13.8 Å². The molecular weight excluding hydrogens is 384 g/mol. The Morgan fingerprint density at radius 1 is 1.00 bits per heavy atom. The zero-order valence-electron chi connectivity index (χ0n) is 18.2. The topological polar surface area (TPSA) is 36.3 Å². The van der Waals surface area contributed by atoms with Gasteiger partial charge in [0.15, 0.2) is 0 Å². The summed E-state index contributed by atoms with van der Waals surface area (Å²) >= 11 is 0. The van der Waals surface area contributed by atoms with Gasteiger partial charge < -0.3 is 14.0 Å². The first-order valence-electron chi connectivity index (χ1n) is 11.0. The Bertz CT molecular complexity index is 1190. The first-order valence-corrected chi connectivity index (χ1v) is 11.0.